The fraction of sp³-hybridized carbons (Fsp3) is 0.100. The molecule has 138 valence electrons. The van der Waals surface area contributed by atoms with Crippen LogP contribution < -0.4 is 5.32 Å². The van der Waals surface area contributed by atoms with Crippen LogP contribution in [0.2, 0.25) is 0 Å². The smallest absolute Gasteiger partial charge is 0.338 e. The number of amides is 1. The molecule has 0 bridgehead atoms. The van der Waals surface area contributed by atoms with Gasteiger partial charge in [-0.1, -0.05) is 40.2 Å². The fourth-order valence-electron chi connectivity index (χ4n) is 2.79. The number of anilines is 1. The van der Waals surface area contributed by atoms with Crippen molar-refractivity contribution in [2.45, 2.75) is 12.3 Å². The monoisotopic (exact) mass is 447 g/mol. The quantitative estimate of drug-likeness (QED) is 0.523. The molecule has 2 N–H and O–H groups in total. The number of hydrogen-bond donors (Lipinski definition) is 2. The highest BCUT2D eigenvalue weighted by Crippen LogP contribution is 2.30. The van der Waals surface area contributed by atoms with Gasteiger partial charge in [0.05, 0.1) is 11.3 Å². The summed E-state index contributed by atoms with van der Waals surface area (Å²) in [6.07, 6.45) is 0.0555. The predicted octanol–water partition coefficient (Wildman–Crippen LogP) is 5.51. The Kier molecular flexibility index (Phi) is 6.03. The van der Waals surface area contributed by atoms with Crippen molar-refractivity contribution in [3.8, 4) is 0 Å². The molecule has 0 aliphatic carbocycles. The molecule has 1 aromatic heterocycles. The third-order valence-corrected chi connectivity index (χ3v) is 5.35. The van der Waals surface area contributed by atoms with Crippen molar-refractivity contribution in [2.75, 3.05) is 5.32 Å². The summed E-state index contributed by atoms with van der Waals surface area (Å²) in [6, 6.07) is 13.6. The molecule has 3 aromatic rings. The van der Waals surface area contributed by atoms with E-state index in [-0.39, 0.29) is 35.3 Å². The lowest BCUT2D eigenvalue weighted by atomic mass is 9.88. The zero-order valence-electron chi connectivity index (χ0n) is 14.0. The molecule has 3 rings (SSSR count). The highest BCUT2D eigenvalue weighted by atomic mass is 79.9. The first kappa shape index (κ1) is 19.3. The summed E-state index contributed by atoms with van der Waals surface area (Å²) in [5, 5.41) is 14.9. The number of thiophene rings is 1. The normalized spacial score (nSPS) is 11.8. The van der Waals surface area contributed by atoms with Crippen LogP contribution in [0.1, 0.15) is 33.8 Å². The fourth-order valence-corrected chi connectivity index (χ4v) is 3.81. The Balaban J connectivity index is 1.87. The van der Waals surface area contributed by atoms with Gasteiger partial charge in [0.25, 0.3) is 0 Å². The second kappa shape index (κ2) is 8.45. The lowest BCUT2D eigenvalue weighted by Crippen LogP contribution is -2.17. The van der Waals surface area contributed by atoms with Gasteiger partial charge in [-0.2, -0.15) is 0 Å². The van der Waals surface area contributed by atoms with E-state index in [1.807, 2.05) is 24.3 Å². The Morgan fingerprint density at radius 1 is 1.11 bits per heavy atom. The number of aromatic carboxylic acids is 1. The molecule has 0 saturated carbocycles. The third-order valence-electron chi connectivity index (χ3n) is 4.08. The minimum atomic E-state index is -1.10. The lowest BCUT2D eigenvalue weighted by Gasteiger charge is -2.18. The predicted molar refractivity (Wildman–Crippen MR) is 107 cm³/mol. The Labute approximate surface area is 167 Å². The standard InChI is InChI=1S/C20H15BrFNO3S/c21-14-6-4-12(5-7-14)16(13-2-1-3-15(22)8-13)9-19(24)23-18-11-27-10-17(18)20(25)26/h1-8,10-11,16H,9H2,(H,23,24)(H,25,26). The number of rotatable bonds is 6. The van der Waals surface area contributed by atoms with E-state index in [0.717, 1.165) is 10.0 Å². The number of nitrogens with one attached hydrogen (secondary N) is 1. The minimum Gasteiger partial charge on any atom is -0.478 e. The molecule has 27 heavy (non-hydrogen) atoms. The van der Waals surface area contributed by atoms with Crippen molar-refractivity contribution in [3.63, 3.8) is 0 Å². The first-order valence-corrected chi connectivity index (χ1v) is 9.78. The molecule has 1 amide bonds. The van der Waals surface area contributed by atoms with Crippen molar-refractivity contribution >= 4 is 44.8 Å². The highest BCUT2D eigenvalue weighted by Gasteiger charge is 2.21. The molecule has 1 atom stereocenters. The summed E-state index contributed by atoms with van der Waals surface area (Å²) >= 11 is 4.58. The van der Waals surface area contributed by atoms with Crippen LogP contribution in [-0.2, 0) is 4.79 Å². The zero-order chi connectivity index (χ0) is 19.4. The van der Waals surface area contributed by atoms with Gasteiger partial charge < -0.3 is 10.4 Å². The SMILES string of the molecule is O=C(CC(c1ccc(Br)cc1)c1cccc(F)c1)Nc1cscc1C(=O)O. The molecular weight excluding hydrogens is 433 g/mol. The van der Waals surface area contributed by atoms with Crippen molar-refractivity contribution in [1.82, 2.24) is 0 Å². The van der Waals surface area contributed by atoms with Crippen molar-refractivity contribution in [2.24, 2.45) is 0 Å². The molecule has 0 aliphatic rings. The number of carbonyl (C=O) groups is 2. The Hall–Kier alpha value is -2.51. The Morgan fingerprint density at radius 3 is 2.52 bits per heavy atom. The second-order valence-corrected chi connectivity index (χ2v) is 7.57. The number of benzene rings is 2. The molecule has 0 saturated heterocycles. The zero-order valence-corrected chi connectivity index (χ0v) is 16.4. The van der Waals surface area contributed by atoms with E-state index in [0.29, 0.717) is 5.56 Å². The first-order chi connectivity index (χ1) is 12.9. The summed E-state index contributed by atoms with van der Waals surface area (Å²) in [7, 11) is 0. The van der Waals surface area contributed by atoms with Crippen LogP contribution >= 0.6 is 27.3 Å². The van der Waals surface area contributed by atoms with Crippen molar-refractivity contribution in [3.05, 3.63) is 86.3 Å². The maximum Gasteiger partial charge on any atom is 0.338 e. The Bertz CT molecular complexity index is 971. The average Bonchev–Trinajstić information content (AvgIpc) is 3.09. The maximum absolute atomic E-state index is 13.7. The van der Waals surface area contributed by atoms with Gasteiger partial charge in [-0.15, -0.1) is 11.3 Å². The van der Waals surface area contributed by atoms with Crippen LogP contribution in [0.3, 0.4) is 0 Å². The van der Waals surface area contributed by atoms with E-state index in [9.17, 15) is 19.1 Å². The molecule has 2 aromatic carbocycles. The summed E-state index contributed by atoms with van der Waals surface area (Å²) in [6.45, 7) is 0. The summed E-state index contributed by atoms with van der Waals surface area (Å²) in [5.74, 6) is -2.17. The minimum absolute atomic E-state index is 0.0549. The van der Waals surface area contributed by atoms with Crippen LogP contribution in [0.5, 0.6) is 0 Å². The average molecular weight is 448 g/mol. The van der Waals surface area contributed by atoms with Crippen LogP contribution in [0.15, 0.2) is 63.8 Å². The lowest BCUT2D eigenvalue weighted by molar-refractivity contribution is -0.116. The van der Waals surface area contributed by atoms with E-state index < -0.39 is 5.97 Å². The van der Waals surface area contributed by atoms with Crippen molar-refractivity contribution < 1.29 is 19.1 Å². The highest BCUT2D eigenvalue weighted by molar-refractivity contribution is 9.10. The van der Waals surface area contributed by atoms with E-state index in [1.165, 1.54) is 28.8 Å². The molecule has 7 heteroatoms. The maximum atomic E-state index is 13.7. The number of carboxylic acids is 1. The molecular formula is C20H15BrFNO3S. The van der Waals surface area contributed by atoms with Gasteiger partial charge >= 0.3 is 5.97 Å². The van der Waals surface area contributed by atoms with Gasteiger partial charge in [-0.3, -0.25) is 4.79 Å². The number of hydrogen-bond acceptors (Lipinski definition) is 3. The molecule has 0 spiro atoms. The van der Waals surface area contributed by atoms with Crippen LogP contribution in [0, 0.1) is 5.82 Å². The van der Waals surface area contributed by atoms with E-state index in [1.54, 1.807) is 17.5 Å². The Morgan fingerprint density at radius 2 is 1.85 bits per heavy atom. The van der Waals surface area contributed by atoms with Gasteiger partial charge in [0, 0.05) is 27.6 Å². The van der Waals surface area contributed by atoms with Gasteiger partial charge in [-0.25, -0.2) is 9.18 Å². The van der Waals surface area contributed by atoms with E-state index >= 15 is 0 Å². The molecule has 1 heterocycles. The topological polar surface area (TPSA) is 66.4 Å². The second-order valence-electron chi connectivity index (χ2n) is 5.92. The first-order valence-electron chi connectivity index (χ1n) is 8.04. The third kappa shape index (κ3) is 4.81. The molecule has 1 unspecified atom stereocenters. The van der Waals surface area contributed by atoms with Crippen LogP contribution in [0.25, 0.3) is 0 Å². The molecule has 0 fully saturated rings. The number of carboxylic acid groups (broad SMARTS) is 1. The molecule has 0 radical (unpaired) electrons. The van der Waals surface area contributed by atoms with Crippen molar-refractivity contribution in [1.29, 1.82) is 0 Å². The van der Waals surface area contributed by atoms with Gasteiger partial charge in [0.15, 0.2) is 0 Å². The largest absolute Gasteiger partial charge is 0.478 e. The molecule has 0 aliphatic heterocycles. The van der Waals surface area contributed by atoms with Gasteiger partial charge in [0.2, 0.25) is 5.91 Å². The number of carbonyl (C=O) groups excluding carboxylic acids is 1. The van der Waals surface area contributed by atoms with Gasteiger partial charge in [0.1, 0.15) is 5.82 Å². The van der Waals surface area contributed by atoms with Gasteiger partial charge in [-0.05, 0) is 35.4 Å². The number of halogens is 2. The molecule has 4 nitrogen and oxygen atoms in total. The van der Waals surface area contributed by atoms with E-state index in [4.69, 9.17) is 0 Å². The van der Waals surface area contributed by atoms with Crippen LogP contribution in [0.4, 0.5) is 10.1 Å². The van der Waals surface area contributed by atoms with E-state index in [2.05, 4.69) is 21.2 Å². The summed E-state index contributed by atoms with van der Waals surface area (Å²) < 4.78 is 14.6. The van der Waals surface area contributed by atoms with Crippen LogP contribution in [-0.4, -0.2) is 17.0 Å². The summed E-state index contributed by atoms with van der Waals surface area (Å²) in [4.78, 5) is 23.8. The summed E-state index contributed by atoms with van der Waals surface area (Å²) in [5.41, 5.74) is 1.87.